The lowest BCUT2D eigenvalue weighted by molar-refractivity contribution is -0.125. The van der Waals surface area contributed by atoms with Gasteiger partial charge in [-0.25, -0.2) is 0 Å². The number of hydrogen-bond acceptors (Lipinski definition) is 3. The normalized spacial score (nSPS) is 23.9. The Morgan fingerprint density at radius 2 is 2.20 bits per heavy atom. The van der Waals surface area contributed by atoms with Crippen LogP contribution in [0.4, 0.5) is 0 Å². The molecular weight excluding hydrogens is 252 g/mol. The van der Waals surface area contributed by atoms with Crippen LogP contribution in [0.3, 0.4) is 0 Å². The van der Waals surface area contributed by atoms with E-state index in [0.717, 1.165) is 30.7 Å². The molecule has 1 saturated heterocycles. The highest BCUT2D eigenvalue weighted by Gasteiger charge is 2.28. The summed E-state index contributed by atoms with van der Waals surface area (Å²) in [4.78, 5) is 12.4. The van der Waals surface area contributed by atoms with E-state index < -0.39 is 0 Å². The second kappa shape index (κ2) is 6.75. The van der Waals surface area contributed by atoms with Crippen LogP contribution in [0, 0.1) is 5.92 Å². The Bertz CT molecular complexity index is 462. The van der Waals surface area contributed by atoms with E-state index >= 15 is 0 Å². The molecule has 0 radical (unpaired) electrons. The number of para-hydroxylation sites is 1. The summed E-state index contributed by atoms with van der Waals surface area (Å²) >= 11 is 0. The lowest BCUT2D eigenvalue weighted by Gasteiger charge is -2.30. The Morgan fingerprint density at radius 3 is 2.90 bits per heavy atom. The fourth-order valence-electron chi connectivity index (χ4n) is 2.81. The fourth-order valence-corrected chi connectivity index (χ4v) is 2.81. The summed E-state index contributed by atoms with van der Waals surface area (Å²) in [5, 5.41) is 6.40. The zero-order chi connectivity index (χ0) is 14.5. The van der Waals surface area contributed by atoms with Crippen LogP contribution in [0.15, 0.2) is 24.3 Å². The number of methoxy groups -OCH3 is 1. The predicted octanol–water partition coefficient (Wildman–Crippen LogP) is 2.26. The number of piperidine rings is 1. The lowest BCUT2D eigenvalue weighted by Crippen LogP contribution is -2.51. The molecule has 4 nitrogen and oxygen atoms in total. The Morgan fingerprint density at radius 1 is 1.45 bits per heavy atom. The molecule has 3 atom stereocenters. The topological polar surface area (TPSA) is 50.4 Å². The molecule has 0 saturated carbocycles. The third-order valence-electron chi connectivity index (χ3n) is 4.02. The molecule has 1 amide bonds. The molecule has 1 fully saturated rings. The van der Waals surface area contributed by atoms with Crippen molar-refractivity contribution in [2.24, 2.45) is 5.92 Å². The summed E-state index contributed by atoms with van der Waals surface area (Å²) in [7, 11) is 1.65. The molecule has 3 unspecified atom stereocenters. The third kappa shape index (κ3) is 3.31. The van der Waals surface area contributed by atoms with Gasteiger partial charge < -0.3 is 15.4 Å². The molecule has 2 N–H and O–H groups in total. The van der Waals surface area contributed by atoms with E-state index in [1.165, 1.54) is 0 Å². The maximum atomic E-state index is 12.4. The van der Waals surface area contributed by atoms with Gasteiger partial charge in [0.25, 0.3) is 0 Å². The lowest BCUT2D eigenvalue weighted by atomic mass is 9.92. The number of carbonyl (C=O) groups excluding carboxylic acids is 1. The van der Waals surface area contributed by atoms with Gasteiger partial charge in [-0.1, -0.05) is 25.1 Å². The number of ether oxygens (including phenoxy) is 1. The summed E-state index contributed by atoms with van der Waals surface area (Å²) in [6.07, 6.45) is 2.25. The largest absolute Gasteiger partial charge is 0.496 e. The van der Waals surface area contributed by atoms with Crippen molar-refractivity contribution in [3.63, 3.8) is 0 Å². The Labute approximate surface area is 120 Å². The number of rotatable bonds is 4. The molecule has 1 aromatic carbocycles. The van der Waals surface area contributed by atoms with Gasteiger partial charge in [-0.2, -0.15) is 0 Å². The number of hydrogen-bond donors (Lipinski definition) is 2. The zero-order valence-corrected chi connectivity index (χ0v) is 12.5. The van der Waals surface area contributed by atoms with Crippen LogP contribution in [-0.2, 0) is 4.79 Å². The van der Waals surface area contributed by atoms with E-state index in [0.29, 0.717) is 5.92 Å². The molecule has 1 aromatic rings. The highest BCUT2D eigenvalue weighted by atomic mass is 16.5. The molecule has 1 aliphatic heterocycles. The Hall–Kier alpha value is -1.55. The van der Waals surface area contributed by atoms with Gasteiger partial charge in [0.05, 0.1) is 19.2 Å². The van der Waals surface area contributed by atoms with Crippen LogP contribution >= 0.6 is 0 Å². The Balaban J connectivity index is 2.03. The summed E-state index contributed by atoms with van der Waals surface area (Å²) in [6, 6.07) is 7.65. The quantitative estimate of drug-likeness (QED) is 0.887. The molecule has 2 rings (SSSR count). The monoisotopic (exact) mass is 276 g/mol. The maximum Gasteiger partial charge on any atom is 0.237 e. The first-order chi connectivity index (χ1) is 9.63. The van der Waals surface area contributed by atoms with Crippen molar-refractivity contribution in [1.29, 1.82) is 0 Å². The number of nitrogens with one attached hydrogen (secondary N) is 2. The molecule has 20 heavy (non-hydrogen) atoms. The van der Waals surface area contributed by atoms with E-state index in [1.54, 1.807) is 7.11 Å². The molecule has 0 spiro atoms. The van der Waals surface area contributed by atoms with Crippen molar-refractivity contribution < 1.29 is 9.53 Å². The predicted molar refractivity (Wildman–Crippen MR) is 79.7 cm³/mol. The van der Waals surface area contributed by atoms with Crippen LogP contribution in [0.25, 0.3) is 0 Å². The summed E-state index contributed by atoms with van der Waals surface area (Å²) in [5.74, 6) is 1.27. The van der Waals surface area contributed by atoms with Gasteiger partial charge in [0.2, 0.25) is 5.91 Å². The molecule has 4 heteroatoms. The first-order valence-corrected chi connectivity index (χ1v) is 7.30. The average molecular weight is 276 g/mol. The first-order valence-electron chi connectivity index (χ1n) is 7.30. The van der Waals surface area contributed by atoms with Crippen molar-refractivity contribution in [1.82, 2.24) is 10.6 Å². The summed E-state index contributed by atoms with van der Waals surface area (Å²) < 4.78 is 5.35. The van der Waals surface area contributed by atoms with E-state index in [-0.39, 0.29) is 18.0 Å². The van der Waals surface area contributed by atoms with Gasteiger partial charge >= 0.3 is 0 Å². The molecule has 0 bridgehead atoms. The van der Waals surface area contributed by atoms with Gasteiger partial charge in [0, 0.05) is 5.56 Å². The van der Waals surface area contributed by atoms with Crippen molar-refractivity contribution in [3.05, 3.63) is 29.8 Å². The molecule has 0 aliphatic carbocycles. The summed E-state index contributed by atoms with van der Waals surface area (Å²) in [6.45, 7) is 5.04. The molecule has 1 heterocycles. The second-order valence-corrected chi connectivity index (χ2v) is 5.52. The van der Waals surface area contributed by atoms with E-state index in [4.69, 9.17) is 4.74 Å². The van der Waals surface area contributed by atoms with Gasteiger partial charge in [-0.15, -0.1) is 0 Å². The van der Waals surface area contributed by atoms with Crippen LogP contribution in [0.2, 0.25) is 0 Å². The highest BCUT2D eigenvalue weighted by molar-refractivity contribution is 5.82. The van der Waals surface area contributed by atoms with Crippen LogP contribution in [-0.4, -0.2) is 25.6 Å². The SMILES string of the molecule is COc1ccccc1C(C)NC(=O)C1NCCCC1C. The van der Waals surface area contributed by atoms with Crippen molar-refractivity contribution in [3.8, 4) is 5.75 Å². The van der Waals surface area contributed by atoms with Gasteiger partial charge in [-0.05, 0) is 38.3 Å². The van der Waals surface area contributed by atoms with Crippen molar-refractivity contribution in [2.45, 2.75) is 38.8 Å². The van der Waals surface area contributed by atoms with Crippen LogP contribution in [0.1, 0.15) is 38.3 Å². The third-order valence-corrected chi connectivity index (χ3v) is 4.02. The van der Waals surface area contributed by atoms with Crippen molar-refractivity contribution >= 4 is 5.91 Å². The maximum absolute atomic E-state index is 12.4. The van der Waals surface area contributed by atoms with Crippen molar-refractivity contribution in [2.75, 3.05) is 13.7 Å². The smallest absolute Gasteiger partial charge is 0.237 e. The minimum Gasteiger partial charge on any atom is -0.496 e. The highest BCUT2D eigenvalue weighted by Crippen LogP contribution is 2.25. The number of amides is 1. The second-order valence-electron chi connectivity index (χ2n) is 5.52. The van der Waals surface area contributed by atoms with Gasteiger partial charge in [0.15, 0.2) is 0 Å². The fraction of sp³-hybridized carbons (Fsp3) is 0.562. The minimum atomic E-state index is -0.0825. The molecular formula is C16H24N2O2. The number of carbonyl (C=O) groups is 1. The van der Waals surface area contributed by atoms with Crippen LogP contribution in [0.5, 0.6) is 5.75 Å². The van der Waals surface area contributed by atoms with E-state index in [1.807, 2.05) is 31.2 Å². The minimum absolute atomic E-state index is 0.0606. The standard InChI is InChI=1S/C16H24N2O2/c1-11-7-6-10-17-15(11)16(19)18-12(2)13-8-4-5-9-14(13)20-3/h4-5,8-9,11-12,15,17H,6-7,10H2,1-3H3,(H,18,19). The average Bonchev–Trinajstić information content (AvgIpc) is 2.47. The van der Waals surface area contributed by atoms with Gasteiger partial charge in [-0.3, -0.25) is 4.79 Å². The summed E-state index contributed by atoms with van der Waals surface area (Å²) in [5.41, 5.74) is 1.01. The molecule has 0 aromatic heterocycles. The number of benzene rings is 1. The van der Waals surface area contributed by atoms with E-state index in [9.17, 15) is 4.79 Å². The molecule has 1 aliphatic rings. The van der Waals surface area contributed by atoms with Gasteiger partial charge in [0.1, 0.15) is 5.75 Å². The Kier molecular flexibility index (Phi) is 5.01. The molecule has 110 valence electrons. The van der Waals surface area contributed by atoms with Crippen LogP contribution < -0.4 is 15.4 Å². The van der Waals surface area contributed by atoms with E-state index in [2.05, 4.69) is 17.6 Å². The first kappa shape index (κ1) is 14.9. The zero-order valence-electron chi connectivity index (χ0n) is 12.5.